The lowest BCUT2D eigenvalue weighted by Crippen LogP contribution is -2.16. The summed E-state index contributed by atoms with van der Waals surface area (Å²) in [6.45, 7) is 4.79. The van der Waals surface area contributed by atoms with E-state index in [1.54, 1.807) is 0 Å². The molecular formula is C8H26Cl3N3. The van der Waals surface area contributed by atoms with Gasteiger partial charge in [-0.1, -0.05) is 6.92 Å². The highest BCUT2D eigenvalue weighted by molar-refractivity contribution is 5.86. The molecule has 0 aromatic carbocycles. The van der Waals surface area contributed by atoms with Crippen molar-refractivity contribution in [2.75, 3.05) is 33.7 Å². The Morgan fingerprint density at radius 3 is 1.36 bits per heavy atom. The van der Waals surface area contributed by atoms with Crippen LogP contribution in [0.25, 0.3) is 0 Å². The van der Waals surface area contributed by atoms with Crippen molar-refractivity contribution >= 4 is 37.2 Å². The summed E-state index contributed by atoms with van der Waals surface area (Å²) >= 11 is 0. The Balaban J connectivity index is -0.0000000347. The van der Waals surface area contributed by atoms with Crippen molar-refractivity contribution in [1.29, 1.82) is 0 Å². The van der Waals surface area contributed by atoms with Gasteiger partial charge >= 0.3 is 0 Å². The predicted molar refractivity (Wildman–Crippen MR) is 73.3 cm³/mol. The smallest absolute Gasteiger partial charge is 0.00128 e. The van der Waals surface area contributed by atoms with E-state index in [4.69, 9.17) is 11.5 Å². The van der Waals surface area contributed by atoms with Crippen LogP contribution in [0.15, 0.2) is 0 Å². The molecule has 0 amide bonds. The van der Waals surface area contributed by atoms with Crippen molar-refractivity contribution in [2.45, 2.75) is 19.8 Å². The number of rotatable bonds is 4. The van der Waals surface area contributed by atoms with Gasteiger partial charge in [-0.05, 0) is 46.6 Å². The van der Waals surface area contributed by atoms with Crippen LogP contribution in [-0.2, 0) is 0 Å². The van der Waals surface area contributed by atoms with E-state index >= 15 is 0 Å². The lowest BCUT2D eigenvalue weighted by Gasteiger charge is -2.05. The van der Waals surface area contributed by atoms with Crippen LogP contribution in [0.5, 0.6) is 0 Å². The second-order valence-electron chi connectivity index (χ2n) is 2.73. The molecule has 0 fully saturated rings. The van der Waals surface area contributed by atoms with Gasteiger partial charge in [0.2, 0.25) is 0 Å². The van der Waals surface area contributed by atoms with E-state index in [0.717, 1.165) is 32.5 Å². The molecule has 0 aromatic rings. The Hall–Kier alpha value is 0.750. The predicted octanol–water partition coefficient (Wildman–Crippen LogP) is 1.52. The molecule has 0 aliphatic rings. The summed E-state index contributed by atoms with van der Waals surface area (Å²) in [7, 11) is 4.10. The first-order valence-corrected chi connectivity index (χ1v) is 4.23. The number of halogens is 3. The fourth-order valence-corrected chi connectivity index (χ4v) is 0.408. The monoisotopic (exact) mass is 269 g/mol. The van der Waals surface area contributed by atoms with Crippen molar-refractivity contribution < 1.29 is 0 Å². The molecule has 4 N–H and O–H groups in total. The molecule has 0 saturated heterocycles. The standard InChI is InChI=1S/C5H14N2.C3H9N.3ClH/c1-7(2)5-3-4-6;1-2-3-4;;;/h3-6H2,1-2H3;2-4H2,1H3;3*1H. The molecule has 0 saturated carbocycles. The van der Waals surface area contributed by atoms with Crippen molar-refractivity contribution in [3.05, 3.63) is 0 Å². The maximum Gasteiger partial charge on any atom is -0.00128 e. The second-order valence-corrected chi connectivity index (χ2v) is 2.73. The lowest BCUT2D eigenvalue weighted by atomic mass is 10.4. The SMILES string of the molecule is CCCN.CN(C)CCCN.Cl.Cl.Cl. The maximum atomic E-state index is 5.25. The number of nitrogens with two attached hydrogens (primary N) is 2. The van der Waals surface area contributed by atoms with Gasteiger partial charge in [-0.3, -0.25) is 0 Å². The fourth-order valence-electron chi connectivity index (χ4n) is 0.408. The zero-order valence-electron chi connectivity index (χ0n) is 9.36. The van der Waals surface area contributed by atoms with Gasteiger partial charge in [0.15, 0.2) is 0 Å². The molecular weight excluding hydrogens is 244 g/mol. The average molecular weight is 271 g/mol. The van der Waals surface area contributed by atoms with Crippen molar-refractivity contribution in [2.24, 2.45) is 11.5 Å². The quantitative estimate of drug-likeness (QED) is 0.814. The molecule has 94 valence electrons. The van der Waals surface area contributed by atoms with Crippen LogP contribution in [0.4, 0.5) is 0 Å². The normalized spacial score (nSPS) is 7.29. The number of hydrogen-bond acceptors (Lipinski definition) is 3. The topological polar surface area (TPSA) is 55.3 Å². The van der Waals surface area contributed by atoms with Gasteiger partial charge in [-0.15, -0.1) is 37.2 Å². The highest BCUT2D eigenvalue weighted by atomic mass is 35.5. The molecule has 0 unspecified atom stereocenters. The van der Waals surface area contributed by atoms with Crippen LogP contribution < -0.4 is 11.5 Å². The van der Waals surface area contributed by atoms with E-state index in [-0.39, 0.29) is 37.2 Å². The van der Waals surface area contributed by atoms with Crippen LogP contribution in [-0.4, -0.2) is 38.6 Å². The minimum absolute atomic E-state index is 0. The molecule has 0 heterocycles. The molecule has 0 bridgehead atoms. The van der Waals surface area contributed by atoms with E-state index in [9.17, 15) is 0 Å². The Bertz CT molecular complexity index is 63.8. The molecule has 0 atom stereocenters. The van der Waals surface area contributed by atoms with E-state index in [1.807, 2.05) is 0 Å². The van der Waals surface area contributed by atoms with Gasteiger partial charge in [0.1, 0.15) is 0 Å². The Morgan fingerprint density at radius 2 is 1.29 bits per heavy atom. The van der Waals surface area contributed by atoms with Gasteiger partial charge in [0.05, 0.1) is 0 Å². The zero-order chi connectivity index (χ0) is 9.11. The third-order valence-electron chi connectivity index (χ3n) is 1.10. The summed E-state index contributed by atoms with van der Waals surface area (Å²) in [5, 5.41) is 0. The second kappa shape index (κ2) is 29.2. The third-order valence-corrected chi connectivity index (χ3v) is 1.10. The van der Waals surface area contributed by atoms with Crippen LogP contribution >= 0.6 is 37.2 Å². The molecule has 0 aromatic heterocycles. The first-order chi connectivity index (χ1) is 5.18. The molecule has 0 aliphatic carbocycles. The van der Waals surface area contributed by atoms with Crippen molar-refractivity contribution in [3.63, 3.8) is 0 Å². The molecule has 14 heavy (non-hydrogen) atoms. The largest absolute Gasteiger partial charge is 0.330 e. The minimum atomic E-state index is 0. The maximum absolute atomic E-state index is 5.25. The minimum Gasteiger partial charge on any atom is -0.330 e. The van der Waals surface area contributed by atoms with Gasteiger partial charge in [0.25, 0.3) is 0 Å². The summed E-state index contributed by atoms with van der Waals surface area (Å²) in [6.07, 6.45) is 2.20. The number of nitrogens with zero attached hydrogens (tertiary/aromatic N) is 1. The first kappa shape index (κ1) is 29.3. The zero-order valence-corrected chi connectivity index (χ0v) is 11.8. The van der Waals surface area contributed by atoms with E-state index in [0.29, 0.717) is 0 Å². The molecule has 0 radical (unpaired) electrons. The summed E-state index contributed by atoms with van der Waals surface area (Å²) in [6, 6.07) is 0. The van der Waals surface area contributed by atoms with Crippen LogP contribution in [0, 0.1) is 0 Å². The van der Waals surface area contributed by atoms with E-state index in [2.05, 4.69) is 25.9 Å². The summed E-state index contributed by atoms with van der Waals surface area (Å²) < 4.78 is 0. The Labute approximate surface area is 107 Å². The molecule has 0 rings (SSSR count). The average Bonchev–Trinajstić information content (AvgIpc) is 2.01. The first-order valence-electron chi connectivity index (χ1n) is 4.23. The summed E-state index contributed by atoms with van der Waals surface area (Å²) in [5.74, 6) is 0. The fraction of sp³-hybridized carbons (Fsp3) is 1.00. The van der Waals surface area contributed by atoms with Gasteiger partial charge in [-0.2, -0.15) is 0 Å². The number of hydrogen-bond donors (Lipinski definition) is 2. The molecule has 0 spiro atoms. The van der Waals surface area contributed by atoms with Crippen LogP contribution in [0.2, 0.25) is 0 Å². The van der Waals surface area contributed by atoms with Gasteiger partial charge < -0.3 is 16.4 Å². The van der Waals surface area contributed by atoms with Crippen LogP contribution in [0.1, 0.15) is 19.8 Å². The summed E-state index contributed by atoms with van der Waals surface area (Å²) in [5.41, 5.74) is 10.3. The Morgan fingerprint density at radius 1 is 0.929 bits per heavy atom. The van der Waals surface area contributed by atoms with Gasteiger partial charge in [-0.25, -0.2) is 0 Å². The molecule has 3 nitrogen and oxygen atoms in total. The van der Waals surface area contributed by atoms with Crippen molar-refractivity contribution in [1.82, 2.24) is 4.90 Å². The third kappa shape index (κ3) is 53.2. The van der Waals surface area contributed by atoms with Crippen molar-refractivity contribution in [3.8, 4) is 0 Å². The Kier molecular flexibility index (Phi) is 61.2. The highest BCUT2D eigenvalue weighted by Crippen LogP contribution is 1.76. The van der Waals surface area contributed by atoms with Gasteiger partial charge in [0, 0.05) is 0 Å². The highest BCUT2D eigenvalue weighted by Gasteiger charge is 1.83. The summed E-state index contributed by atoms with van der Waals surface area (Å²) in [4.78, 5) is 2.13. The molecule has 6 heteroatoms. The van der Waals surface area contributed by atoms with Crippen LogP contribution in [0.3, 0.4) is 0 Å². The molecule has 0 aliphatic heterocycles. The lowest BCUT2D eigenvalue weighted by molar-refractivity contribution is 0.403. The van der Waals surface area contributed by atoms with E-state index in [1.165, 1.54) is 0 Å². The van der Waals surface area contributed by atoms with E-state index < -0.39 is 0 Å².